The van der Waals surface area contributed by atoms with Crippen LogP contribution in [0, 0.1) is 0 Å². The van der Waals surface area contributed by atoms with Crippen LogP contribution in [-0.4, -0.2) is 17.2 Å². The molecule has 118 valence electrons. The first-order valence-electron chi connectivity index (χ1n) is 6.30. The molecule has 0 bridgehead atoms. The predicted molar refractivity (Wildman–Crippen MR) is 74.9 cm³/mol. The SMILES string of the molecule is [O-]/C(=N\[n+]1ccccc1)c1nc2ccc(OC(F)(F)F)cc2s1. The van der Waals surface area contributed by atoms with E-state index in [-0.39, 0.29) is 10.8 Å². The minimum Gasteiger partial charge on any atom is -0.852 e. The summed E-state index contributed by atoms with van der Waals surface area (Å²) in [6.45, 7) is 0. The van der Waals surface area contributed by atoms with Crippen molar-refractivity contribution in [3.05, 3.63) is 53.8 Å². The molecule has 3 aromatic rings. The standard InChI is InChI=1S/C14H8F3N3O2S/c15-14(16,17)22-9-4-5-10-11(8-9)23-13(18-10)12(21)19-20-6-2-1-3-7-20/h1-8H. The molecule has 5 nitrogen and oxygen atoms in total. The number of aromatic nitrogens is 2. The molecule has 0 aliphatic carbocycles. The molecule has 1 aromatic carbocycles. The summed E-state index contributed by atoms with van der Waals surface area (Å²) in [6, 6.07) is 8.88. The predicted octanol–water partition coefficient (Wildman–Crippen LogP) is 2.05. The highest BCUT2D eigenvalue weighted by Gasteiger charge is 2.31. The molecular formula is C14H8F3N3O2S. The van der Waals surface area contributed by atoms with Gasteiger partial charge < -0.3 is 9.84 Å². The summed E-state index contributed by atoms with van der Waals surface area (Å²) >= 11 is 0.950. The van der Waals surface area contributed by atoms with Crippen LogP contribution in [0.25, 0.3) is 10.2 Å². The van der Waals surface area contributed by atoms with Crippen LogP contribution in [0.3, 0.4) is 0 Å². The van der Waals surface area contributed by atoms with Crippen molar-refractivity contribution in [1.29, 1.82) is 0 Å². The molecule has 0 amide bonds. The fraction of sp³-hybridized carbons (Fsp3) is 0.0714. The number of rotatable bonds is 3. The number of hydrogen-bond donors (Lipinski definition) is 0. The molecule has 0 aliphatic heterocycles. The molecule has 2 aromatic heterocycles. The van der Waals surface area contributed by atoms with Crippen LogP contribution >= 0.6 is 11.3 Å². The maximum absolute atomic E-state index is 12.2. The van der Waals surface area contributed by atoms with Gasteiger partial charge in [0, 0.05) is 12.1 Å². The van der Waals surface area contributed by atoms with Crippen LogP contribution in [0.15, 0.2) is 53.9 Å². The number of pyridine rings is 1. The third-order valence-corrected chi connectivity index (χ3v) is 3.69. The molecule has 0 unspecified atom stereocenters. The van der Waals surface area contributed by atoms with E-state index in [2.05, 4.69) is 14.8 Å². The maximum atomic E-state index is 12.2. The number of nitrogens with zero attached hydrogens (tertiary/aromatic N) is 3. The van der Waals surface area contributed by atoms with Crippen molar-refractivity contribution in [2.75, 3.05) is 0 Å². The van der Waals surface area contributed by atoms with Gasteiger partial charge in [0.2, 0.25) is 12.4 Å². The van der Waals surface area contributed by atoms with Crippen molar-refractivity contribution < 1.29 is 27.7 Å². The summed E-state index contributed by atoms with van der Waals surface area (Å²) in [4.78, 5) is 4.07. The van der Waals surface area contributed by atoms with E-state index in [1.807, 2.05) is 0 Å². The van der Waals surface area contributed by atoms with Crippen LogP contribution < -0.4 is 14.5 Å². The van der Waals surface area contributed by atoms with E-state index in [0.29, 0.717) is 10.2 Å². The Bertz CT molecular complexity index is 863. The number of thiazole rings is 1. The smallest absolute Gasteiger partial charge is 0.573 e. The molecule has 0 N–H and O–H groups in total. The van der Waals surface area contributed by atoms with Crippen molar-refractivity contribution in [3.8, 4) is 5.75 Å². The van der Waals surface area contributed by atoms with Crippen molar-refractivity contribution in [2.24, 2.45) is 5.10 Å². The molecule has 0 fully saturated rings. The molecule has 3 rings (SSSR count). The van der Waals surface area contributed by atoms with Gasteiger partial charge in [-0.2, -0.15) is 0 Å². The van der Waals surface area contributed by atoms with Crippen molar-refractivity contribution in [2.45, 2.75) is 6.36 Å². The number of fused-ring (bicyclic) bond motifs is 1. The highest BCUT2D eigenvalue weighted by Crippen LogP contribution is 2.29. The highest BCUT2D eigenvalue weighted by atomic mass is 32.1. The summed E-state index contributed by atoms with van der Waals surface area (Å²) in [5.41, 5.74) is 0.404. The quantitative estimate of drug-likeness (QED) is 0.417. The van der Waals surface area contributed by atoms with Crippen molar-refractivity contribution in [1.82, 2.24) is 4.98 Å². The summed E-state index contributed by atoms with van der Waals surface area (Å²) in [5.74, 6) is -0.942. The Labute approximate surface area is 131 Å². The molecule has 23 heavy (non-hydrogen) atoms. The van der Waals surface area contributed by atoms with Gasteiger partial charge in [0.25, 0.3) is 0 Å². The van der Waals surface area contributed by atoms with Gasteiger partial charge in [-0.3, -0.25) is 0 Å². The van der Waals surface area contributed by atoms with Crippen molar-refractivity contribution >= 4 is 27.5 Å². The van der Waals surface area contributed by atoms with Gasteiger partial charge in [-0.25, -0.2) is 4.98 Å². The summed E-state index contributed by atoms with van der Waals surface area (Å²) in [5, 5.41) is 16.0. The first kappa shape index (κ1) is 15.2. The fourth-order valence-electron chi connectivity index (χ4n) is 1.80. The molecule has 0 saturated carbocycles. The van der Waals surface area contributed by atoms with Crippen LogP contribution in [0.4, 0.5) is 13.2 Å². The van der Waals surface area contributed by atoms with Gasteiger partial charge in [-0.05, 0) is 23.3 Å². The number of alkyl halides is 3. The third kappa shape index (κ3) is 3.75. The van der Waals surface area contributed by atoms with Crippen LogP contribution in [-0.2, 0) is 0 Å². The van der Waals surface area contributed by atoms with E-state index in [1.54, 1.807) is 30.6 Å². The lowest BCUT2D eigenvalue weighted by Gasteiger charge is -2.07. The van der Waals surface area contributed by atoms with E-state index in [4.69, 9.17) is 0 Å². The van der Waals surface area contributed by atoms with Crippen LogP contribution in [0.1, 0.15) is 5.01 Å². The summed E-state index contributed by atoms with van der Waals surface area (Å²) < 4.78 is 42.2. The highest BCUT2D eigenvalue weighted by molar-refractivity contribution is 7.20. The zero-order valence-corrected chi connectivity index (χ0v) is 12.1. The lowest BCUT2D eigenvalue weighted by Crippen LogP contribution is -2.33. The number of ether oxygens (including phenoxy) is 1. The lowest BCUT2D eigenvalue weighted by molar-refractivity contribution is -0.681. The zero-order chi connectivity index (χ0) is 16.4. The molecule has 0 radical (unpaired) electrons. The number of hydrogen-bond acceptors (Lipinski definition) is 5. The lowest BCUT2D eigenvalue weighted by atomic mass is 10.3. The Hall–Kier alpha value is -2.68. The average molecular weight is 339 g/mol. The Morgan fingerprint density at radius 2 is 1.96 bits per heavy atom. The normalized spacial score (nSPS) is 12.6. The van der Waals surface area contributed by atoms with E-state index in [0.717, 1.165) is 17.4 Å². The van der Waals surface area contributed by atoms with E-state index in [9.17, 15) is 18.3 Å². The second kappa shape index (κ2) is 5.84. The van der Waals surface area contributed by atoms with Crippen molar-refractivity contribution in [3.63, 3.8) is 0 Å². The van der Waals surface area contributed by atoms with Gasteiger partial charge >= 0.3 is 6.36 Å². The first-order valence-corrected chi connectivity index (χ1v) is 7.11. The first-order chi connectivity index (χ1) is 10.9. The number of benzene rings is 1. The molecule has 0 spiro atoms. The minimum atomic E-state index is -4.77. The van der Waals surface area contributed by atoms with Gasteiger partial charge in [0.15, 0.2) is 0 Å². The zero-order valence-electron chi connectivity index (χ0n) is 11.3. The monoisotopic (exact) mass is 339 g/mol. The number of halogens is 3. The molecule has 2 heterocycles. The average Bonchev–Trinajstić information content (AvgIpc) is 2.90. The second-order valence-corrected chi connectivity index (χ2v) is 5.39. The van der Waals surface area contributed by atoms with E-state index < -0.39 is 12.3 Å². The van der Waals surface area contributed by atoms with Gasteiger partial charge in [0.1, 0.15) is 10.8 Å². The van der Waals surface area contributed by atoms with Crippen LogP contribution in [0.5, 0.6) is 5.75 Å². The Kier molecular flexibility index (Phi) is 3.87. The Morgan fingerprint density at radius 3 is 2.65 bits per heavy atom. The summed E-state index contributed by atoms with van der Waals surface area (Å²) in [6.07, 6.45) is -1.60. The fourth-order valence-corrected chi connectivity index (χ4v) is 2.67. The minimum absolute atomic E-state index is 0.0838. The Balaban J connectivity index is 1.92. The molecule has 0 saturated heterocycles. The van der Waals surface area contributed by atoms with Gasteiger partial charge in [0.05, 0.1) is 16.1 Å². The molecular weight excluding hydrogens is 331 g/mol. The van der Waals surface area contributed by atoms with E-state index in [1.165, 1.54) is 16.8 Å². The molecule has 9 heteroatoms. The maximum Gasteiger partial charge on any atom is 0.573 e. The molecule has 0 atom stereocenters. The second-order valence-electron chi connectivity index (χ2n) is 4.36. The third-order valence-electron chi connectivity index (χ3n) is 2.68. The van der Waals surface area contributed by atoms with Gasteiger partial charge in [-0.15, -0.1) is 24.5 Å². The topological polar surface area (TPSA) is 61.4 Å². The van der Waals surface area contributed by atoms with E-state index >= 15 is 0 Å². The largest absolute Gasteiger partial charge is 0.852 e. The van der Waals surface area contributed by atoms with Crippen LogP contribution in [0.2, 0.25) is 0 Å². The Morgan fingerprint density at radius 1 is 1.22 bits per heavy atom. The summed E-state index contributed by atoms with van der Waals surface area (Å²) in [7, 11) is 0. The van der Waals surface area contributed by atoms with Gasteiger partial charge in [-0.1, -0.05) is 10.7 Å². The molecule has 0 aliphatic rings.